The molecule has 1 aromatic carbocycles. The quantitative estimate of drug-likeness (QED) is 0.473. The smallest absolute Gasteiger partial charge is 0.312 e. The number of phenols is 1. The summed E-state index contributed by atoms with van der Waals surface area (Å²) in [5.41, 5.74) is 0.549. The molecule has 1 N–H and O–H groups in total. The van der Waals surface area contributed by atoms with Crippen LogP contribution in [-0.4, -0.2) is 16.7 Å². The van der Waals surface area contributed by atoms with Gasteiger partial charge in [0.15, 0.2) is 0 Å². The molecular formula is C23H36O3. The van der Waals surface area contributed by atoms with E-state index in [1.165, 1.54) is 5.56 Å². The maximum atomic E-state index is 11.9. The van der Waals surface area contributed by atoms with E-state index in [0.717, 1.165) is 38.5 Å². The minimum Gasteiger partial charge on any atom is -0.508 e. The second kappa shape index (κ2) is 9.80. The van der Waals surface area contributed by atoms with Crippen molar-refractivity contribution >= 4 is 5.97 Å². The van der Waals surface area contributed by atoms with Crippen LogP contribution < -0.4 is 0 Å². The molecule has 1 aliphatic carbocycles. The Morgan fingerprint density at radius 1 is 1.27 bits per heavy atom. The Morgan fingerprint density at radius 2 is 1.81 bits per heavy atom. The number of carbonyl (C=O) groups is 1. The number of esters is 1. The first-order chi connectivity index (χ1) is 12.2. The first kappa shape index (κ1) is 22.3. The van der Waals surface area contributed by atoms with Crippen LogP contribution in [0.5, 0.6) is 5.75 Å². The maximum absolute atomic E-state index is 11.9. The molecule has 0 aromatic heterocycles. The van der Waals surface area contributed by atoms with Gasteiger partial charge in [0.25, 0.3) is 0 Å². The van der Waals surface area contributed by atoms with E-state index in [-0.39, 0.29) is 17.0 Å². The Balaban J connectivity index is 0.000000273. The minimum atomic E-state index is -0.376. The summed E-state index contributed by atoms with van der Waals surface area (Å²) in [5.74, 6) is 0.847. The van der Waals surface area contributed by atoms with Gasteiger partial charge < -0.3 is 9.84 Å². The average Bonchev–Trinajstić information content (AvgIpc) is 3.11. The third kappa shape index (κ3) is 6.19. The lowest BCUT2D eigenvalue weighted by Crippen LogP contribution is -2.36. The molecule has 1 aromatic rings. The van der Waals surface area contributed by atoms with Crippen molar-refractivity contribution in [2.75, 3.05) is 0 Å². The third-order valence-corrected chi connectivity index (χ3v) is 5.63. The van der Waals surface area contributed by atoms with Gasteiger partial charge in [-0.1, -0.05) is 39.5 Å². The first-order valence-electron chi connectivity index (χ1n) is 9.85. The predicted molar refractivity (Wildman–Crippen MR) is 108 cm³/mol. The molecule has 3 nitrogen and oxygen atoms in total. The van der Waals surface area contributed by atoms with Gasteiger partial charge in [0.2, 0.25) is 0 Å². The molecule has 146 valence electrons. The van der Waals surface area contributed by atoms with E-state index in [2.05, 4.69) is 20.4 Å². The normalized spacial score (nSPS) is 17.0. The summed E-state index contributed by atoms with van der Waals surface area (Å²) < 4.78 is 5.65. The molecule has 2 rings (SSSR count). The van der Waals surface area contributed by atoms with Gasteiger partial charge >= 0.3 is 5.97 Å². The molecule has 0 radical (unpaired) electrons. The van der Waals surface area contributed by atoms with Gasteiger partial charge in [-0.25, -0.2) is 0 Å². The molecule has 0 saturated heterocycles. The molecular weight excluding hydrogens is 324 g/mol. The number of carbonyl (C=O) groups excluding carboxylic acids is 1. The Kier molecular flexibility index (Phi) is 8.39. The first-order valence-corrected chi connectivity index (χ1v) is 9.85. The van der Waals surface area contributed by atoms with Crippen molar-refractivity contribution in [3.63, 3.8) is 0 Å². The number of phenolic OH excluding ortho intramolecular Hbond substituents is 1. The van der Waals surface area contributed by atoms with Gasteiger partial charge in [-0.2, -0.15) is 0 Å². The zero-order valence-corrected chi connectivity index (χ0v) is 17.2. The largest absolute Gasteiger partial charge is 0.508 e. The van der Waals surface area contributed by atoms with Crippen LogP contribution in [0.1, 0.15) is 84.6 Å². The molecule has 3 heteroatoms. The molecule has 0 aliphatic heterocycles. The highest BCUT2D eigenvalue weighted by Gasteiger charge is 2.38. The SMILES string of the molecule is C=CC1(OC(=O)C(C)(C)CC)CCCC1.CCC(C)c1ccc(O)cc1. The summed E-state index contributed by atoms with van der Waals surface area (Å²) in [5, 5.41) is 9.01. The summed E-state index contributed by atoms with van der Waals surface area (Å²) in [6.45, 7) is 14.0. The highest BCUT2D eigenvalue weighted by atomic mass is 16.6. The Bertz CT molecular complexity index is 566. The van der Waals surface area contributed by atoms with Crippen LogP contribution in [0.4, 0.5) is 0 Å². The highest BCUT2D eigenvalue weighted by molar-refractivity contribution is 5.76. The van der Waals surface area contributed by atoms with E-state index in [4.69, 9.17) is 9.84 Å². The fraction of sp³-hybridized carbons (Fsp3) is 0.609. The highest BCUT2D eigenvalue weighted by Crippen LogP contribution is 2.36. The Morgan fingerprint density at radius 3 is 2.23 bits per heavy atom. The van der Waals surface area contributed by atoms with Gasteiger partial charge in [-0.05, 0) is 82.1 Å². The minimum absolute atomic E-state index is 0.0909. The van der Waals surface area contributed by atoms with Crippen LogP contribution in [0.3, 0.4) is 0 Å². The summed E-state index contributed by atoms with van der Waals surface area (Å²) >= 11 is 0. The van der Waals surface area contributed by atoms with Crippen molar-refractivity contribution in [3.8, 4) is 5.75 Å². The number of benzene rings is 1. The number of rotatable bonds is 6. The fourth-order valence-corrected chi connectivity index (χ4v) is 2.83. The third-order valence-electron chi connectivity index (χ3n) is 5.63. The number of hydrogen-bond acceptors (Lipinski definition) is 3. The van der Waals surface area contributed by atoms with Crippen molar-refractivity contribution in [1.82, 2.24) is 0 Å². The Hall–Kier alpha value is -1.77. The van der Waals surface area contributed by atoms with Crippen LogP contribution in [0.25, 0.3) is 0 Å². The molecule has 26 heavy (non-hydrogen) atoms. The molecule has 0 spiro atoms. The average molecular weight is 361 g/mol. The molecule has 1 atom stereocenters. The van der Waals surface area contributed by atoms with Gasteiger partial charge in [0, 0.05) is 0 Å². The van der Waals surface area contributed by atoms with E-state index in [1.807, 2.05) is 39.0 Å². The molecule has 1 unspecified atom stereocenters. The molecule has 1 saturated carbocycles. The van der Waals surface area contributed by atoms with Crippen molar-refractivity contribution in [2.24, 2.45) is 5.41 Å². The summed E-state index contributed by atoms with van der Waals surface area (Å²) in [4.78, 5) is 11.9. The molecule has 0 amide bonds. The number of hydrogen-bond donors (Lipinski definition) is 1. The second-order valence-electron chi connectivity index (χ2n) is 8.00. The van der Waals surface area contributed by atoms with Crippen LogP contribution in [0, 0.1) is 5.41 Å². The van der Waals surface area contributed by atoms with Gasteiger partial charge in [-0.15, -0.1) is 0 Å². The molecule has 1 fully saturated rings. The standard InChI is InChI=1S/C13H22O2.C10H14O/c1-5-12(3,4)11(14)15-13(6-2)9-7-8-10-13;1-3-8(2)9-4-6-10(11)7-5-9/h6H,2,5,7-10H2,1,3-4H3;4-8,11H,3H2,1-2H3. The van der Waals surface area contributed by atoms with Crippen LogP contribution in [-0.2, 0) is 9.53 Å². The van der Waals surface area contributed by atoms with E-state index in [0.29, 0.717) is 11.7 Å². The summed E-state index contributed by atoms with van der Waals surface area (Å²) in [6.07, 6.45) is 7.88. The second-order valence-corrected chi connectivity index (χ2v) is 8.00. The lowest BCUT2D eigenvalue weighted by atomic mass is 9.90. The Labute approximate surface area is 159 Å². The van der Waals surface area contributed by atoms with Crippen molar-refractivity contribution < 1.29 is 14.6 Å². The lowest BCUT2D eigenvalue weighted by molar-refractivity contribution is -0.165. The van der Waals surface area contributed by atoms with Crippen LogP contribution >= 0.6 is 0 Å². The zero-order valence-electron chi connectivity index (χ0n) is 17.2. The van der Waals surface area contributed by atoms with Crippen LogP contribution in [0.2, 0.25) is 0 Å². The van der Waals surface area contributed by atoms with Crippen molar-refractivity contribution in [3.05, 3.63) is 42.5 Å². The van der Waals surface area contributed by atoms with Crippen LogP contribution in [0.15, 0.2) is 36.9 Å². The van der Waals surface area contributed by atoms with Gasteiger partial charge in [0.05, 0.1) is 5.41 Å². The molecule has 0 heterocycles. The molecule has 1 aliphatic rings. The number of ether oxygens (including phenoxy) is 1. The van der Waals surface area contributed by atoms with Gasteiger partial charge in [-0.3, -0.25) is 4.79 Å². The van der Waals surface area contributed by atoms with Gasteiger partial charge in [0.1, 0.15) is 11.4 Å². The maximum Gasteiger partial charge on any atom is 0.312 e. The van der Waals surface area contributed by atoms with Crippen molar-refractivity contribution in [1.29, 1.82) is 0 Å². The number of aromatic hydroxyl groups is 1. The topological polar surface area (TPSA) is 46.5 Å². The zero-order chi connectivity index (χ0) is 19.8. The summed E-state index contributed by atoms with van der Waals surface area (Å²) in [7, 11) is 0. The fourth-order valence-electron chi connectivity index (χ4n) is 2.83. The lowest BCUT2D eigenvalue weighted by Gasteiger charge is -2.30. The monoisotopic (exact) mass is 360 g/mol. The van der Waals surface area contributed by atoms with E-state index in [9.17, 15) is 4.79 Å². The van der Waals surface area contributed by atoms with E-state index < -0.39 is 0 Å². The van der Waals surface area contributed by atoms with E-state index in [1.54, 1.807) is 12.1 Å². The predicted octanol–water partition coefficient (Wildman–Crippen LogP) is 6.37. The summed E-state index contributed by atoms with van der Waals surface area (Å²) in [6, 6.07) is 7.43. The molecule has 0 bridgehead atoms. The van der Waals surface area contributed by atoms with Crippen molar-refractivity contribution in [2.45, 2.75) is 84.7 Å². The van der Waals surface area contributed by atoms with E-state index >= 15 is 0 Å².